The van der Waals surface area contributed by atoms with Gasteiger partial charge < -0.3 is 10.6 Å². The molecule has 2 N–H and O–H groups in total. The molecule has 1 aliphatic rings. The number of piperidine rings is 1. The fourth-order valence-electron chi connectivity index (χ4n) is 3.79. The molecule has 1 atom stereocenters. The zero-order chi connectivity index (χ0) is 19.7. The summed E-state index contributed by atoms with van der Waals surface area (Å²) in [4.78, 5) is 30.5. The largest absolute Gasteiger partial charge is 0.369 e. The van der Waals surface area contributed by atoms with Crippen molar-refractivity contribution in [1.29, 1.82) is 0 Å². The van der Waals surface area contributed by atoms with Gasteiger partial charge >= 0.3 is 0 Å². The van der Waals surface area contributed by atoms with Crippen LogP contribution in [0.15, 0.2) is 54.6 Å². The highest BCUT2D eigenvalue weighted by molar-refractivity contribution is 5.95. The maximum absolute atomic E-state index is 12.8. The molecule has 0 bridgehead atoms. The Morgan fingerprint density at radius 1 is 1.04 bits per heavy atom. The number of hydrogen-bond donors (Lipinski definition) is 1. The summed E-state index contributed by atoms with van der Waals surface area (Å²) < 4.78 is 0. The molecule has 3 aromatic rings. The van der Waals surface area contributed by atoms with Crippen LogP contribution in [0, 0.1) is 12.8 Å². The molecule has 0 radical (unpaired) electrons. The molecule has 1 saturated heterocycles. The Kier molecular flexibility index (Phi) is 4.82. The van der Waals surface area contributed by atoms with Gasteiger partial charge in [0.2, 0.25) is 5.91 Å². The third-order valence-corrected chi connectivity index (χ3v) is 5.40. The Bertz CT molecular complexity index is 1040. The smallest absolute Gasteiger partial charge is 0.253 e. The van der Waals surface area contributed by atoms with Crippen LogP contribution in [0.4, 0.5) is 0 Å². The van der Waals surface area contributed by atoms with E-state index in [4.69, 9.17) is 5.73 Å². The van der Waals surface area contributed by atoms with E-state index in [1.165, 1.54) is 0 Å². The molecule has 1 aromatic heterocycles. The van der Waals surface area contributed by atoms with E-state index in [-0.39, 0.29) is 17.7 Å². The van der Waals surface area contributed by atoms with Crippen molar-refractivity contribution in [3.8, 4) is 11.1 Å². The number of benzene rings is 2. The number of likely N-dealkylation sites (tertiary alicyclic amines) is 1. The number of rotatable bonds is 3. The van der Waals surface area contributed by atoms with Crippen molar-refractivity contribution in [1.82, 2.24) is 9.88 Å². The standard InChI is InChI=1S/C23H23N3O2/c1-15-4-5-19-13-18(10-11-21(19)25-15)16-6-8-17(9-7-16)23(28)26-12-2-3-20(14-26)22(24)27/h4-11,13,20H,2-3,12,14H2,1H3,(H2,24,27)/t20-/m1/s1. The SMILES string of the molecule is Cc1ccc2cc(-c3ccc(C(=O)N4CCC[C@@H](C(N)=O)C4)cc3)ccc2n1. The van der Waals surface area contributed by atoms with Crippen molar-refractivity contribution < 1.29 is 9.59 Å². The first-order chi connectivity index (χ1) is 13.5. The summed E-state index contributed by atoms with van der Waals surface area (Å²) in [7, 11) is 0. The Balaban J connectivity index is 1.54. The number of pyridine rings is 1. The first-order valence-electron chi connectivity index (χ1n) is 9.58. The second-order valence-corrected chi connectivity index (χ2v) is 7.43. The van der Waals surface area contributed by atoms with Crippen molar-refractivity contribution in [2.24, 2.45) is 11.7 Å². The Morgan fingerprint density at radius 3 is 2.54 bits per heavy atom. The average molecular weight is 373 g/mol. The Labute approximate surface area is 164 Å². The second-order valence-electron chi connectivity index (χ2n) is 7.43. The van der Waals surface area contributed by atoms with Crippen LogP contribution in [0.3, 0.4) is 0 Å². The van der Waals surface area contributed by atoms with Crippen LogP contribution in [0.2, 0.25) is 0 Å². The van der Waals surface area contributed by atoms with Gasteiger partial charge in [-0.1, -0.05) is 24.3 Å². The quantitative estimate of drug-likeness (QED) is 0.763. The lowest BCUT2D eigenvalue weighted by atomic mass is 9.96. The van der Waals surface area contributed by atoms with Gasteiger partial charge in [0, 0.05) is 29.7 Å². The van der Waals surface area contributed by atoms with E-state index < -0.39 is 0 Å². The third-order valence-electron chi connectivity index (χ3n) is 5.40. The van der Waals surface area contributed by atoms with Gasteiger partial charge in [0.25, 0.3) is 5.91 Å². The molecular weight excluding hydrogens is 350 g/mol. The molecule has 142 valence electrons. The topological polar surface area (TPSA) is 76.3 Å². The molecule has 1 aliphatic heterocycles. The maximum Gasteiger partial charge on any atom is 0.253 e. The molecule has 0 spiro atoms. The fraction of sp³-hybridized carbons (Fsp3) is 0.261. The third kappa shape index (κ3) is 3.60. The van der Waals surface area contributed by atoms with Crippen molar-refractivity contribution in [3.63, 3.8) is 0 Å². The van der Waals surface area contributed by atoms with Gasteiger partial charge in [0.15, 0.2) is 0 Å². The minimum Gasteiger partial charge on any atom is -0.369 e. The minimum atomic E-state index is -0.325. The van der Waals surface area contributed by atoms with Crippen LogP contribution in [0.5, 0.6) is 0 Å². The molecule has 2 heterocycles. The number of hydrogen-bond acceptors (Lipinski definition) is 3. The lowest BCUT2D eigenvalue weighted by Crippen LogP contribution is -2.44. The van der Waals surface area contributed by atoms with Crippen molar-refractivity contribution in [3.05, 3.63) is 65.9 Å². The lowest BCUT2D eigenvalue weighted by molar-refractivity contribution is -0.123. The predicted molar refractivity (Wildman–Crippen MR) is 110 cm³/mol. The van der Waals surface area contributed by atoms with Crippen molar-refractivity contribution >= 4 is 22.7 Å². The molecule has 1 fully saturated rings. The van der Waals surface area contributed by atoms with Gasteiger partial charge in [0.1, 0.15) is 0 Å². The highest BCUT2D eigenvalue weighted by Crippen LogP contribution is 2.25. The average Bonchev–Trinajstić information content (AvgIpc) is 2.73. The number of carbonyl (C=O) groups is 2. The second kappa shape index (κ2) is 7.43. The summed E-state index contributed by atoms with van der Waals surface area (Å²) in [6.45, 7) is 3.06. The van der Waals surface area contributed by atoms with Gasteiger partial charge in [-0.15, -0.1) is 0 Å². The van der Waals surface area contributed by atoms with E-state index in [1.54, 1.807) is 4.90 Å². The van der Waals surface area contributed by atoms with Gasteiger partial charge in [-0.25, -0.2) is 0 Å². The first kappa shape index (κ1) is 18.2. The van der Waals surface area contributed by atoms with E-state index in [0.29, 0.717) is 18.7 Å². The summed E-state index contributed by atoms with van der Waals surface area (Å²) in [5.74, 6) is -0.614. The number of nitrogens with zero attached hydrogens (tertiary/aromatic N) is 2. The van der Waals surface area contributed by atoms with E-state index >= 15 is 0 Å². The van der Waals surface area contributed by atoms with E-state index in [1.807, 2.05) is 49.4 Å². The monoisotopic (exact) mass is 373 g/mol. The maximum atomic E-state index is 12.8. The summed E-state index contributed by atoms with van der Waals surface area (Å²) in [5.41, 5.74) is 10.2. The highest BCUT2D eigenvalue weighted by atomic mass is 16.2. The number of amides is 2. The molecule has 4 rings (SSSR count). The molecule has 28 heavy (non-hydrogen) atoms. The number of aromatic nitrogens is 1. The van der Waals surface area contributed by atoms with Gasteiger partial charge in [0.05, 0.1) is 11.4 Å². The lowest BCUT2D eigenvalue weighted by Gasteiger charge is -2.31. The normalized spacial score (nSPS) is 16.9. The van der Waals surface area contributed by atoms with Crippen molar-refractivity contribution in [2.45, 2.75) is 19.8 Å². The van der Waals surface area contributed by atoms with Crippen LogP contribution < -0.4 is 5.73 Å². The fourth-order valence-corrected chi connectivity index (χ4v) is 3.79. The molecule has 5 nitrogen and oxygen atoms in total. The predicted octanol–water partition coefficient (Wildman–Crippen LogP) is 3.55. The summed E-state index contributed by atoms with van der Waals surface area (Å²) in [6, 6.07) is 17.9. The number of aryl methyl sites for hydroxylation is 1. The van der Waals surface area contributed by atoms with Gasteiger partial charge in [-0.2, -0.15) is 0 Å². The van der Waals surface area contributed by atoms with Crippen LogP contribution >= 0.6 is 0 Å². The van der Waals surface area contributed by atoms with Crippen LogP contribution in [0.1, 0.15) is 28.9 Å². The Morgan fingerprint density at radius 2 is 1.79 bits per heavy atom. The zero-order valence-corrected chi connectivity index (χ0v) is 15.9. The molecule has 2 amide bonds. The summed E-state index contributed by atoms with van der Waals surface area (Å²) in [5, 5.41) is 1.09. The highest BCUT2D eigenvalue weighted by Gasteiger charge is 2.27. The van der Waals surface area contributed by atoms with Crippen LogP contribution in [-0.4, -0.2) is 34.8 Å². The van der Waals surface area contributed by atoms with Crippen LogP contribution in [0.25, 0.3) is 22.0 Å². The van der Waals surface area contributed by atoms with E-state index in [9.17, 15) is 9.59 Å². The van der Waals surface area contributed by atoms with Crippen LogP contribution in [-0.2, 0) is 4.79 Å². The molecule has 0 saturated carbocycles. The van der Waals surface area contributed by atoms with Gasteiger partial charge in [-0.05, 0) is 61.2 Å². The molecule has 0 unspecified atom stereocenters. The molecule has 5 heteroatoms. The molecule has 2 aromatic carbocycles. The van der Waals surface area contributed by atoms with Crippen molar-refractivity contribution in [2.75, 3.05) is 13.1 Å². The van der Waals surface area contributed by atoms with Gasteiger partial charge in [-0.3, -0.25) is 14.6 Å². The zero-order valence-electron chi connectivity index (χ0n) is 15.9. The van der Waals surface area contributed by atoms with E-state index in [0.717, 1.165) is 40.6 Å². The summed E-state index contributed by atoms with van der Waals surface area (Å²) in [6.07, 6.45) is 1.57. The first-order valence-corrected chi connectivity index (χ1v) is 9.58. The minimum absolute atomic E-state index is 0.0457. The number of carbonyl (C=O) groups excluding carboxylic acids is 2. The summed E-state index contributed by atoms with van der Waals surface area (Å²) >= 11 is 0. The Hall–Kier alpha value is -3.21. The molecule has 0 aliphatic carbocycles. The molecular formula is C23H23N3O2. The number of primary amides is 1. The number of fused-ring (bicyclic) bond motifs is 1. The number of nitrogens with two attached hydrogens (primary N) is 1. The van der Waals surface area contributed by atoms with E-state index in [2.05, 4.69) is 17.1 Å².